The van der Waals surface area contributed by atoms with Crippen molar-refractivity contribution in [3.63, 3.8) is 0 Å². The summed E-state index contributed by atoms with van der Waals surface area (Å²) in [6.07, 6.45) is 2.45. The van der Waals surface area contributed by atoms with E-state index in [0.29, 0.717) is 5.41 Å². The third-order valence-corrected chi connectivity index (χ3v) is 4.39. The van der Waals surface area contributed by atoms with Crippen LogP contribution in [-0.4, -0.2) is 13.1 Å². The lowest BCUT2D eigenvalue weighted by molar-refractivity contribution is 0.199. The molecule has 0 bridgehead atoms. The standard InChI is InChI=1S/C17H24N2/c1-13-6-5-7-14(12-18)16(13)19-10-8-15(9-11-19)17(2,3)4/h5-7,15H,8-11H2,1-4H3. The molecule has 0 spiro atoms. The molecule has 2 heteroatoms. The highest BCUT2D eigenvalue weighted by Crippen LogP contribution is 2.36. The fourth-order valence-electron chi connectivity index (χ4n) is 3.14. The summed E-state index contributed by atoms with van der Waals surface area (Å²) in [5.74, 6) is 0.790. The fourth-order valence-corrected chi connectivity index (χ4v) is 3.14. The summed E-state index contributed by atoms with van der Waals surface area (Å²) in [5, 5.41) is 9.28. The quantitative estimate of drug-likeness (QED) is 0.755. The van der Waals surface area contributed by atoms with Crippen molar-refractivity contribution in [2.75, 3.05) is 18.0 Å². The van der Waals surface area contributed by atoms with Crippen LogP contribution in [0.2, 0.25) is 0 Å². The van der Waals surface area contributed by atoms with Crippen LogP contribution >= 0.6 is 0 Å². The maximum Gasteiger partial charge on any atom is 0.101 e. The number of nitrogens with zero attached hydrogens (tertiary/aromatic N) is 2. The van der Waals surface area contributed by atoms with Gasteiger partial charge in [-0.2, -0.15) is 5.26 Å². The SMILES string of the molecule is Cc1cccc(C#N)c1N1CCC(C(C)(C)C)CC1. The topological polar surface area (TPSA) is 27.0 Å². The molecule has 1 heterocycles. The van der Waals surface area contributed by atoms with Gasteiger partial charge in [-0.05, 0) is 42.7 Å². The fraction of sp³-hybridized carbons (Fsp3) is 0.588. The van der Waals surface area contributed by atoms with E-state index in [-0.39, 0.29) is 0 Å². The number of rotatable bonds is 1. The van der Waals surface area contributed by atoms with Crippen LogP contribution in [0.4, 0.5) is 5.69 Å². The molecule has 0 unspecified atom stereocenters. The van der Waals surface area contributed by atoms with Gasteiger partial charge in [-0.1, -0.05) is 32.9 Å². The Kier molecular flexibility index (Phi) is 3.85. The van der Waals surface area contributed by atoms with Gasteiger partial charge in [-0.3, -0.25) is 0 Å². The summed E-state index contributed by atoms with van der Waals surface area (Å²) >= 11 is 0. The first-order valence-corrected chi connectivity index (χ1v) is 7.18. The zero-order valence-electron chi connectivity index (χ0n) is 12.5. The summed E-state index contributed by atoms with van der Waals surface area (Å²) in [6, 6.07) is 8.34. The average Bonchev–Trinajstić information content (AvgIpc) is 2.37. The van der Waals surface area contributed by atoms with Crippen molar-refractivity contribution in [2.24, 2.45) is 11.3 Å². The minimum Gasteiger partial charge on any atom is -0.370 e. The Labute approximate surface area is 117 Å². The maximum absolute atomic E-state index is 9.28. The first-order chi connectivity index (χ1) is 8.93. The van der Waals surface area contributed by atoms with Gasteiger partial charge >= 0.3 is 0 Å². The molecule has 1 aliphatic heterocycles. The molecule has 0 atom stereocenters. The zero-order valence-corrected chi connectivity index (χ0v) is 12.5. The summed E-state index contributed by atoms with van der Waals surface area (Å²) in [4.78, 5) is 2.40. The highest BCUT2D eigenvalue weighted by molar-refractivity contribution is 5.64. The second kappa shape index (κ2) is 5.25. The number of aryl methyl sites for hydroxylation is 1. The molecule has 1 aromatic rings. The van der Waals surface area contributed by atoms with Gasteiger partial charge in [0.2, 0.25) is 0 Å². The molecule has 1 fully saturated rings. The number of piperidine rings is 1. The van der Waals surface area contributed by atoms with E-state index in [0.717, 1.165) is 30.3 Å². The lowest BCUT2D eigenvalue weighted by Gasteiger charge is -2.40. The monoisotopic (exact) mass is 256 g/mol. The highest BCUT2D eigenvalue weighted by atomic mass is 15.1. The van der Waals surface area contributed by atoms with Gasteiger partial charge in [0.1, 0.15) is 6.07 Å². The van der Waals surface area contributed by atoms with Crippen LogP contribution < -0.4 is 4.90 Å². The van der Waals surface area contributed by atoms with E-state index in [1.54, 1.807) is 0 Å². The van der Waals surface area contributed by atoms with Crippen LogP contribution in [-0.2, 0) is 0 Å². The molecule has 0 saturated carbocycles. The Morgan fingerprint density at radius 2 is 1.84 bits per heavy atom. The lowest BCUT2D eigenvalue weighted by atomic mass is 9.75. The second-order valence-electron chi connectivity index (χ2n) is 6.71. The van der Waals surface area contributed by atoms with Crippen molar-refractivity contribution >= 4 is 5.69 Å². The van der Waals surface area contributed by atoms with E-state index in [4.69, 9.17) is 0 Å². The second-order valence-corrected chi connectivity index (χ2v) is 6.71. The van der Waals surface area contributed by atoms with Crippen molar-refractivity contribution in [1.29, 1.82) is 5.26 Å². The smallest absolute Gasteiger partial charge is 0.101 e. The summed E-state index contributed by atoms with van der Waals surface area (Å²) in [7, 11) is 0. The van der Waals surface area contributed by atoms with Crippen LogP contribution in [0.15, 0.2) is 18.2 Å². The Morgan fingerprint density at radius 1 is 1.21 bits per heavy atom. The molecule has 0 radical (unpaired) electrons. The molecule has 1 aliphatic rings. The molecule has 0 N–H and O–H groups in total. The molecular weight excluding hydrogens is 232 g/mol. The maximum atomic E-state index is 9.28. The molecule has 0 aromatic heterocycles. The number of hydrogen-bond donors (Lipinski definition) is 0. The van der Waals surface area contributed by atoms with Crippen molar-refractivity contribution in [3.8, 4) is 6.07 Å². The normalized spacial score (nSPS) is 17.3. The third kappa shape index (κ3) is 2.92. The number of nitriles is 1. The number of anilines is 1. The van der Waals surface area contributed by atoms with Gasteiger partial charge in [-0.25, -0.2) is 0 Å². The van der Waals surface area contributed by atoms with Crippen molar-refractivity contribution in [3.05, 3.63) is 29.3 Å². The largest absolute Gasteiger partial charge is 0.370 e. The Hall–Kier alpha value is -1.49. The van der Waals surface area contributed by atoms with Gasteiger partial charge in [0, 0.05) is 13.1 Å². The van der Waals surface area contributed by atoms with E-state index in [1.165, 1.54) is 18.4 Å². The van der Waals surface area contributed by atoms with Crippen molar-refractivity contribution in [2.45, 2.75) is 40.5 Å². The first kappa shape index (κ1) is 13.9. The van der Waals surface area contributed by atoms with E-state index in [9.17, 15) is 5.26 Å². The molecule has 1 aromatic carbocycles. The van der Waals surface area contributed by atoms with Gasteiger partial charge < -0.3 is 4.90 Å². The minimum absolute atomic E-state index is 0.399. The zero-order chi connectivity index (χ0) is 14.0. The summed E-state index contributed by atoms with van der Waals surface area (Å²) in [6.45, 7) is 11.3. The average molecular weight is 256 g/mol. The van der Waals surface area contributed by atoms with Crippen LogP contribution in [0.5, 0.6) is 0 Å². The van der Waals surface area contributed by atoms with E-state index in [1.807, 2.05) is 12.1 Å². The number of hydrogen-bond acceptors (Lipinski definition) is 2. The first-order valence-electron chi connectivity index (χ1n) is 7.18. The van der Waals surface area contributed by atoms with Crippen LogP contribution in [0.1, 0.15) is 44.7 Å². The molecule has 0 amide bonds. The molecule has 102 valence electrons. The minimum atomic E-state index is 0.399. The predicted molar refractivity (Wildman–Crippen MR) is 80.3 cm³/mol. The third-order valence-electron chi connectivity index (χ3n) is 4.39. The van der Waals surface area contributed by atoms with Crippen LogP contribution in [0, 0.1) is 29.6 Å². The van der Waals surface area contributed by atoms with Crippen LogP contribution in [0.3, 0.4) is 0 Å². The van der Waals surface area contributed by atoms with E-state index < -0.39 is 0 Å². The van der Waals surface area contributed by atoms with Gasteiger partial charge in [-0.15, -0.1) is 0 Å². The molecule has 2 nitrogen and oxygen atoms in total. The van der Waals surface area contributed by atoms with Crippen molar-refractivity contribution in [1.82, 2.24) is 0 Å². The summed E-state index contributed by atoms with van der Waals surface area (Å²) in [5.41, 5.74) is 3.58. The highest BCUT2D eigenvalue weighted by Gasteiger charge is 2.29. The molecule has 19 heavy (non-hydrogen) atoms. The lowest BCUT2D eigenvalue weighted by Crippen LogP contribution is -2.38. The molecule has 0 aliphatic carbocycles. The summed E-state index contributed by atoms with van der Waals surface area (Å²) < 4.78 is 0. The van der Waals surface area contributed by atoms with Crippen LogP contribution in [0.25, 0.3) is 0 Å². The van der Waals surface area contributed by atoms with E-state index in [2.05, 4.69) is 44.7 Å². The van der Waals surface area contributed by atoms with Gasteiger partial charge in [0.05, 0.1) is 11.3 Å². The Morgan fingerprint density at radius 3 is 2.37 bits per heavy atom. The van der Waals surface area contributed by atoms with Gasteiger partial charge in [0.15, 0.2) is 0 Å². The number of para-hydroxylation sites is 1. The Balaban J connectivity index is 2.17. The number of benzene rings is 1. The predicted octanol–water partition coefficient (Wildman–Crippen LogP) is 4.13. The van der Waals surface area contributed by atoms with E-state index >= 15 is 0 Å². The Bertz CT molecular complexity index is 483. The van der Waals surface area contributed by atoms with Crippen molar-refractivity contribution < 1.29 is 0 Å². The van der Waals surface area contributed by atoms with Gasteiger partial charge in [0.25, 0.3) is 0 Å². The molecular formula is C17H24N2. The molecule has 1 saturated heterocycles. The molecule has 2 rings (SSSR count).